The number of hydrogen-bond acceptors (Lipinski definition) is 4. The van der Waals surface area contributed by atoms with Crippen molar-refractivity contribution >= 4 is 11.8 Å². The molecule has 2 aromatic rings. The van der Waals surface area contributed by atoms with Gasteiger partial charge in [0.05, 0.1) is 0 Å². The Morgan fingerprint density at radius 3 is 2.54 bits per heavy atom. The van der Waals surface area contributed by atoms with Gasteiger partial charge in [0.25, 0.3) is 0 Å². The van der Waals surface area contributed by atoms with Gasteiger partial charge < -0.3 is 20.1 Å². The third-order valence-electron chi connectivity index (χ3n) is 4.66. The summed E-state index contributed by atoms with van der Waals surface area (Å²) in [6.07, 6.45) is 0.354. The Hall–Kier alpha value is -3.09. The SMILES string of the molecule is CC(C)(C(=O)NCCc1ccccc1F)C(=O)NCc1ccc2c(c1)OCO2. The predicted molar refractivity (Wildman–Crippen MR) is 101 cm³/mol. The molecule has 6 nitrogen and oxygen atoms in total. The fraction of sp³-hybridized carbons (Fsp3) is 0.333. The van der Waals surface area contributed by atoms with E-state index in [0.717, 1.165) is 5.56 Å². The van der Waals surface area contributed by atoms with Crippen LogP contribution < -0.4 is 20.1 Å². The van der Waals surface area contributed by atoms with Gasteiger partial charge >= 0.3 is 0 Å². The van der Waals surface area contributed by atoms with Crippen LogP contribution in [-0.2, 0) is 22.6 Å². The summed E-state index contributed by atoms with van der Waals surface area (Å²) in [5, 5.41) is 5.48. The number of rotatable bonds is 7. The lowest BCUT2D eigenvalue weighted by Gasteiger charge is -2.23. The number of carbonyl (C=O) groups excluding carboxylic acids is 2. The lowest BCUT2D eigenvalue weighted by molar-refractivity contribution is -0.141. The van der Waals surface area contributed by atoms with Crippen molar-refractivity contribution in [2.45, 2.75) is 26.8 Å². The number of benzene rings is 2. The Balaban J connectivity index is 1.50. The lowest BCUT2D eigenvalue weighted by Crippen LogP contribution is -2.48. The second-order valence-electron chi connectivity index (χ2n) is 7.09. The van der Waals surface area contributed by atoms with E-state index in [1.165, 1.54) is 6.07 Å². The molecule has 0 aromatic heterocycles. The molecule has 0 aliphatic carbocycles. The molecule has 0 saturated heterocycles. The average molecular weight is 386 g/mol. The van der Waals surface area contributed by atoms with Crippen molar-refractivity contribution in [1.29, 1.82) is 0 Å². The Labute approximate surface area is 163 Å². The van der Waals surface area contributed by atoms with Gasteiger partial charge in [0.1, 0.15) is 11.2 Å². The highest BCUT2D eigenvalue weighted by molar-refractivity contribution is 6.04. The van der Waals surface area contributed by atoms with E-state index in [9.17, 15) is 14.0 Å². The highest BCUT2D eigenvalue weighted by atomic mass is 19.1. The Morgan fingerprint density at radius 2 is 1.75 bits per heavy atom. The summed E-state index contributed by atoms with van der Waals surface area (Å²) in [6.45, 7) is 3.81. The Morgan fingerprint density at radius 1 is 1.04 bits per heavy atom. The number of hydrogen-bond donors (Lipinski definition) is 2. The molecule has 28 heavy (non-hydrogen) atoms. The Bertz CT molecular complexity index is 882. The van der Waals surface area contributed by atoms with Crippen LogP contribution in [0, 0.1) is 11.2 Å². The van der Waals surface area contributed by atoms with E-state index in [1.807, 2.05) is 6.07 Å². The number of fused-ring (bicyclic) bond motifs is 1. The lowest BCUT2D eigenvalue weighted by atomic mass is 9.91. The van der Waals surface area contributed by atoms with E-state index in [4.69, 9.17) is 9.47 Å². The minimum Gasteiger partial charge on any atom is -0.454 e. The molecule has 148 valence electrons. The zero-order chi connectivity index (χ0) is 20.1. The minimum absolute atomic E-state index is 0.186. The van der Waals surface area contributed by atoms with Crippen molar-refractivity contribution in [1.82, 2.24) is 10.6 Å². The molecule has 2 N–H and O–H groups in total. The van der Waals surface area contributed by atoms with E-state index < -0.39 is 17.2 Å². The van der Waals surface area contributed by atoms with Crippen LogP contribution in [0.25, 0.3) is 0 Å². The van der Waals surface area contributed by atoms with E-state index in [2.05, 4.69) is 10.6 Å². The van der Waals surface area contributed by atoms with Gasteiger partial charge in [-0.2, -0.15) is 0 Å². The van der Waals surface area contributed by atoms with Crippen LogP contribution in [0.5, 0.6) is 11.5 Å². The van der Waals surface area contributed by atoms with Crippen molar-refractivity contribution in [3.8, 4) is 11.5 Å². The average Bonchev–Trinajstić information content (AvgIpc) is 3.15. The molecule has 0 fully saturated rings. The molecule has 0 radical (unpaired) electrons. The monoisotopic (exact) mass is 386 g/mol. The number of carbonyl (C=O) groups is 2. The van der Waals surface area contributed by atoms with E-state index >= 15 is 0 Å². The van der Waals surface area contributed by atoms with Crippen molar-refractivity contribution in [2.24, 2.45) is 5.41 Å². The van der Waals surface area contributed by atoms with Gasteiger partial charge in [0.2, 0.25) is 18.6 Å². The fourth-order valence-electron chi connectivity index (χ4n) is 2.79. The van der Waals surface area contributed by atoms with Crippen molar-refractivity contribution in [3.63, 3.8) is 0 Å². The third kappa shape index (κ3) is 4.42. The summed E-state index contributed by atoms with van der Waals surface area (Å²) >= 11 is 0. The molecule has 1 aliphatic rings. The molecule has 2 amide bonds. The third-order valence-corrected chi connectivity index (χ3v) is 4.66. The maximum Gasteiger partial charge on any atom is 0.235 e. The fourth-order valence-corrected chi connectivity index (χ4v) is 2.79. The summed E-state index contributed by atoms with van der Waals surface area (Å²) in [4.78, 5) is 25.0. The van der Waals surface area contributed by atoms with Gasteiger partial charge in [0.15, 0.2) is 11.5 Å². The van der Waals surface area contributed by atoms with Gasteiger partial charge in [-0.15, -0.1) is 0 Å². The highest BCUT2D eigenvalue weighted by Gasteiger charge is 2.35. The molecular formula is C21H23FN2O4. The molecule has 3 rings (SSSR count). The molecule has 0 atom stereocenters. The number of nitrogens with one attached hydrogen (secondary N) is 2. The quantitative estimate of drug-likeness (QED) is 0.717. The topological polar surface area (TPSA) is 76.7 Å². The maximum atomic E-state index is 13.6. The van der Waals surface area contributed by atoms with Crippen LogP contribution in [0.4, 0.5) is 4.39 Å². The van der Waals surface area contributed by atoms with Crippen LogP contribution in [0.2, 0.25) is 0 Å². The highest BCUT2D eigenvalue weighted by Crippen LogP contribution is 2.32. The summed E-state index contributed by atoms with van der Waals surface area (Å²) in [5.74, 6) is 0.194. The van der Waals surface area contributed by atoms with Gasteiger partial charge in [0, 0.05) is 13.1 Å². The van der Waals surface area contributed by atoms with E-state index in [0.29, 0.717) is 23.5 Å². The van der Waals surface area contributed by atoms with Crippen molar-refractivity contribution < 1.29 is 23.5 Å². The molecule has 0 saturated carbocycles. The number of halogens is 1. The van der Waals surface area contributed by atoms with Crippen LogP contribution in [0.1, 0.15) is 25.0 Å². The van der Waals surface area contributed by atoms with Crippen molar-refractivity contribution in [3.05, 3.63) is 59.4 Å². The van der Waals surface area contributed by atoms with Crippen LogP contribution in [0.3, 0.4) is 0 Å². The molecule has 0 spiro atoms. The first-order valence-electron chi connectivity index (χ1n) is 9.06. The molecular weight excluding hydrogens is 363 g/mol. The largest absolute Gasteiger partial charge is 0.454 e. The molecule has 1 aliphatic heterocycles. The van der Waals surface area contributed by atoms with Gasteiger partial charge in [-0.05, 0) is 49.6 Å². The normalized spacial score (nSPS) is 12.5. The maximum absolute atomic E-state index is 13.6. The first-order chi connectivity index (χ1) is 13.4. The molecule has 1 heterocycles. The zero-order valence-electron chi connectivity index (χ0n) is 15.9. The second kappa shape index (κ2) is 8.29. The summed E-state index contributed by atoms with van der Waals surface area (Å²) in [5.41, 5.74) is 0.104. The van der Waals surface area contributed by atoms with E-state index in [-0.39, 0.29) is 25.7 Å². The van der Waals surface area contributed by atoms with Crippen LogP contribution >= 0.6 is 0 Å². The van der Waals surface area contributed by atoms with Crippen LogP contribution in [-0.4, -0.2) is 25.2 Å². The molecule has 7 heteroatoms. The minimum atomic E-state index is -1.26. The standard InChI is InChI=1S/C21H23FN2O4/c1-21(2,19(25)23-10-9-15-5-3-4-6-16(15)22)20(26)24-12-14-7-8-17-18(11-14)28-13-27-17/h3-8,11H,9-10,12-13H2,1-2H3,(H,23,25)(H,24,26). The predicted octanol–water partition coefficient (Wildman–Crippen LogP) is 2.56. The first kappa shape index (κ1) is 19.7. The molecule has 2 aromatic carbocycles. The number of amides is 2. The Kier molecular flexibility index (Phi) is 5.82. The zero-order valence-corrected chi connectivity index (χ0v) is 15.9. The summed E-state index contributed by atoms with van der Waals surface area (Å²) in [7, 11) is 0. The van der Waals surface area contributed by atoms with Crippen molar-refractivity contribution in [2.75, 3.05) is 13.3 Å². The second-order valence-corrected chi connectivity index (χ2v) is 7.09. The summed E-state index contributed by atoms with van der Waals surface area (Å²) < 4.78 is 24.2. The smallest absolute Gasteiger partial charge is 0.235 e. The molecule has 0 unspecified atom stereocenters. The molecule has 0 bridgehead atoms. The summed E-state index contributed by atoms with van der Waals surface area (Å²) in [6, 6.07) is 11.8. The van der Waals surface area contributed by atoms with Crippen LogP contribution in [0.15, 0.2) is 42.5 Å². The van der Waals surface area contributed by atoms with Gasteiger partial charge in [-0.1, -0.05) is 24.3 Å². The first-order valence-corrected chi connectivity index (χ1v) is 9.06. The van der Waals surface area contributed by atoms with Gasteiger partial charge in [-0.25, -0.2) is 4.39 Å². The van der Waals surface area contributed by atoms with Gasteiger partial charge in [-0.3, -0.25) is 9.59 Å². The van der Waals surface area contributed by atoms with E-state index in [1.54, 1.807) is 44.2 Å². The number of ether oxygens (including phenoxy) is 2.